The maximum Gasteiger partial charge on any atom is 0.0888 e. The smallest absolute Gasteiger partial charge is 0.0888 e. The Morgan fingerprint density at radius 2 is 1.12 bits per heavy atom. The largest absolute Gasteiger partial charge is 0.237 e. The lowest BCUT2D eigenvalue weighted by molar-refractivity contribution is -0.297. The molecule has 0 aromatic heterocycles. The third kappa shape index (κ3) is 8.25. The van der Waals surface area contributed by atoms with Crippen LogP contribution in [-0.4, -0.2) is 26.4 Å². The predicted molar refractivity (Wildman–Crippen MR) is 96.9 cm³/mol. The van der Waals surface area contributed by atoms with Crippen molar-refractivity contribution in [3.8, 4) is 0 Å². The van der Waals surface area contributed by atoms with Crippen molar-refractivity contribution in [1.82, 2.24) is 0 Å². The first-order valence-electron chi connectivity index (χ1n) is 9.28. The maximum atomic E-state index is 5.36. The normalized spacial score (nSPS) is 13.8. The Balaban J connectivity index is 2.47. The van der Waals surface area contributed by atoms with E-state index < -0.39 is 0 Å². The monoisotopic (exact) mass is 338 g/mol. The molecule has 0 fully saturated rings. The Hall–Kier alpha value is -0.940. The molecule has 4 nitrogen and oxygen atoms in total. The maximum absolute atomic E-state index is 5.36. The molecule has 1 rings (SSSR count). The van der Waals surface area contributed by atoms with Crippen molar-refractivity contribution in [2.24, 2.45) is 0 Å². The van der Waals surface area contributed by atoms with Gasteiger partial charge in [0.25, 0.3) is 0 Å². The lowest BCUT2D eigenvalue weighted by atomic mass is 9.90. The summed E-state index contributed by atoms with van der Waals surface area (Å²) in [6.45, 7) is 11.0. The Kier molecular flexibility index (Phi) is 11.7. The first kappa shape index (κ1) is 21.1. The minimum absolute atomic E-state index is 0.270. The van der Waals surface area contributed by atoms with E-state index in [1.165, 1.54) is 11.1 Å². The van der Waals surface area contributed by atoms with Crippen LogP contribution in [0.4, 0.5) is 0 Å². The highest BCUT2D eigenvalue weighted by Gasteiger charge is 2.16. The molecule has 1 aromatic rings. The van der Waals surface area contributed by atoms with E-state index in [1.807, 2.05) is 0 Å². The predicted octanol–water partition coefficient (Wildman–Crippen LogP) is 5.39. The van der Waals surface area contributed by atoms with Crippen molar-refractivity contribution in [1.29, 1.82) is 0 Å². The van der Waals surface area contributed by atoms with E-state index in [2.05, 4.69) is 52.0 Å². The molecule has 0 aliphatic carbocycles. The van der Waals surface area contributed by atoms with Crippen LogP contribution in [0.5, 0.6) is 0 Å². The first-order chi connectivity index (χ1) is 11.7. The Morgan fingerprint density at radius 3 is 1.50 bits per heavy atom. The second kappa shape index (κ2) is 13.4. The molecule has 1 aromatic carbocycles. The third-order valence-electron chi connectivity index (χ3n) is 4.02. The van der Waals surface area contributed by atoms with E-state index in [0.29, 0.717) is 26.4 Å². The van der Waals surface area contributed by atoms with E-state index in [9.17, 15) is 0 Å². The minimum atomic E-state index is 0.270. The highest BCUT2D eigenvalue weighted by molar-refractivity contribution is 5.32. The topological polar surface area (TPSA) is 36.9 Å². The van der Waals surface area contributed by atoms with Crippen LogP contribution in [0.15, 0.2) is 24.3 Å². The second-order valence-electron chi connectivity index (χ2n) is 6.35. The van der Waals surface area contributed by atoms with Crippen LogP contribution in [0.1, 0.15) is 76.3 Å². The van der Waals surface area contributed by atoms with Gasteiger partial charge in [-0.05, 0) is 24.0 Å². The molecule has 2 unspecified atom stereocenters. The fourth-order valence-electron chi connectivity index (χ4n) is 2.41. The molecule has 0 N–H and O–H groups in total. The number of benzene rings is 1. The SMILES string of the molecule is CCCCOOCC(C)c1ccccc1C(C)COOCCCC. The summed E-state index contributed by atoms with van der Waals surface area (Å²) in [4.78, 5) is 21.2. The first-order valence-corrected chi connectivity index (χ1v) is 9.28. The van der Waals surface area contributed by atoms with Crippen molar-refractivity contribution < 1.29 is 19.6 Å². The Morgan fingerprint density at radius 1 is 0.708 bits per heavy atom. The van der Waals surface area contributed by atoms with Gasteiger partial charge in [-0.2, -0.15) is 0 Å². The van der Waals surface area contributed by atoms with Crippen LogP contribution in [0.3, 0.4) is 0 Å². The van der Waals surface area contributed by atoms with Gasteiger partial charge in [0.1, 0.15) is 0 Å². The zero-order valence-electron chi connectivity index (χ0n) is 15.8. The molecular weight excluding hydrogens is 304 g/mol. The number of hydrogen-bond acceptors (Lipinski definition) is 4. The highest BCUT2D eigenvalue weighted by Crippen LogP contribution is 2.27. The Labute approximate surface area is 147 Å². The van der Waals surface area contributed by atoms with E-state index in [1.54, 1.807) is 0 Å². The molecule has 0 amide bonds. The van der Waals surface area contributed by atoms with Gasteiger partial charge in [0.2, 0.25) is 0 Å². The molecule has 0 bridgehead atoms. The second-order valence-corrected chi connectivity index (χ2v) is 6.35. The number of rotatable bonds is 14. The minimum Gasteiger partial charge on any atom is -0.237 e. The van der Waals surface area contributed by atoms with E-state index in [0.717, 1.165) is 25.7 Å². The van der Waals surface area contributed by atoms with Crippen LogP contribution in [0.2, 0.25) is 0 Å². The van der Waals surface area contributed by atoms with Crippen LogP contribution >= 0.6 is 0 Å². The number of hydrogen-bond donors (Lipinski definition) is 0. The van der Waals surface area contributed by atoms with Gasteiger partial charge >= 0.3 is 0 Å². The molecule has 24 heavy (non-hydrogen) atoms. The highest BCUT2D eigenvalue weighted by atomic mass is 17.2. The molecule has 0 aliphatic heterocycles. The fourth-order valence-corrected chi connectivity index (χ4v) is 2.41. The van der Waals surface area contributed by atoms with Gasteiger partial charge in [0, 0.05) is 11.8 Å². The summed E-state index contributed by atoms with van der Waals surface area (Å²) in [7, 11) is 0. The molecule has 2 atom stereocenters. The summed E-state index contributed by atoms with van der Waals surface area (Å²) >= 11 is 0. The standard InChI is InChI=1S/C20H34O4/c1-5-7-13-21-23-15-17(3)19-11-9-10-12-20(19)18(4)16-24-22-14-8-6-2/h9-12,17-18H,5-8,13-16H2,1-4H3. The van der Waals surface area contributed by atoms with Crippen LogP contribution < -0.4 is 0 Å². The number of unbranched alkanes of at least 4 members (excludes halogenated alkanes) is 2. The van der Waals surface area contributed by atoms with Crippen LogP contribution in [-0.2, 0) is 19.6 Å². The van der Waals surface area contributed by atoms with Gasteiger partial charge in [0.05, 0.1) is 26.4 Å². The average Bonchev–Trinajstić information content (AvgIpc) is 2.61. The molecule has 0 saturated heterocycles. The van der Waals surface area contributed by atoms with Gasteiger partial charge in [-0.3, -0.25) is 0 Å². The van der Waals surface area contributed by atoms with Crippen molar-refractivity contribution in [3.63, 3.8) is 0 Å². The molecule has 0 saturated carbocycles. The van der Waals surface area contributed by atoms with Crippen molar-refractivity contribution in [3.05, 3.63) is 35.4 Å². The summed E-state index contributed by atoms with van der Waals surface area (Å²) in [5, 5.41) is 0. The average molecular weight is 338 g/mol. The third-order valence-corrected chi connectivity index (χ3v) is 4.02. The summed E-state index contributed by atoms with van der Waals surface area (Å²) < 4.78 is 0. The fraction of sp³-hybridized carbons (Fsp3) is 0.700. The van der Waals surface area contributed by atoms with Gasteiger partial charge < -0.3 is 0 Å². The zero-order chi connectivity index (χ0) is 17.6. The van der Waals surface area contributed by atoms with Crippen LogP contribution in [0, 0.1) is 0 Å². The molecule has 4 heteroatoms. The lowest BCUT2D eigenvalue weighted by Crippen LogP contribution is -2.12. The van der Waals surface area contributed by atoms with Crippen molar-refractivity contribution >= 4 is 0 Å². The van der Waals surface area contributed by atoms with Gasteiger partial charge in [-0.1, -0.05) is 64.8 Å². The van der Waals surface area contributed by atoms with Crippen molar-refractivity contribution in [2.45, 2.75) is 65.2 Å². The summed E-state index contributed by atoms with van der Waals surface area (Å²) in [6, 6.07) is 8.45. The summed E-state index contributed by atoms with van der Waals surface area (Å²) in [5.41, 5.74) is 2.56. The van der Waals surface area contributed by atoms with E-state index >= 15 is 0 Å². The van der Waals surface area contributed by atoms with Gasteiger partial charge in [0.15, 0.2) is 0 Å². The quantitative estimate of drug-likeness (QED) is 0.259. The van der Waals surface area contributed by atoms with Gasteiger partial charge in [-0.15, -0.1) is 0 Å². The van der Waals surface area contributed by atoms with E-state index in [4.69, 9.17) is 19.6 Å². The summed E-state index contributed by atoms with van der Waals surface area (Å²) in [5.74, 6) is 0.539. The molecule has 0 aliphatic rings. The molecule has 138 valence electrons. The zero-order valence-corrected chi connectivity index (χ0v) is 15.8. The van der Waals surface area contributed by atoms with E-state index in [-0.39, 0.29) is 11.8 Å². The molecule has 0 heterocycles. The lowest BCUT2D eigenvalue weighted by Gasteiger charge is -2.20. The molecular formula is C20H34O4. The van der Waals surface area contributed by atoms with Crippen molar-refractivity contribution in [2.75, 3.05) is 26.4 Å². The van der Waals surface area contributed by atoms with Crippen LogP contribution in [0.25, 0.3) is 0 Å². The molecule has 0 spiro atoms. The van der Waals surface area contributed by atoms with Gasteiger partial charge in [-0.25, -0.2) is 19.6 Å². The molecule has 0 radical (unpaired) electrons. The Bertz CT molecular complexity index is 383. The summed E-state index contributed by atoms with van der Waals surface area (Å²) in [6.07, 6.45) is 4.27.